The number of rotatable bonds is 6. The number of nitrogens with zero attached hydrogens (tertiary/aromatic N) is 2. The van der Waals surface area contributed by atoms with Gasteiger partial charge in [0.25, 0.3) is 11.8 Å². The van der Waals surface area contributed by atoms with Crippen molar-refractivity contribution in [3.63, 3.8) is 0 Å². The summed E-state index contributed by atoms with van der Waals surface area (Å²) in [6, 6.07) is 11.2. The molecule has 0 aliphatic rings. The molecule has 0 spiro atoms. The van der Waals surface area contributed by atoms with Gasteiger partial charge < -0.3 is 10.6 Å². The number of hydrogen-bond acceptors (Lipinski definition) is 4. The smallest absolute Gasteiger partial charge is 0.270 e. The van der Waals surface area contributed by atoms with Crippen molar-refractivity contribution in [2.24, 2.45) is 0 Å². The van der Waals surface area contributed by atoms with Gasteiger partial charge in [-0.25, -0.2) is 18.7 Å². The maximum atomic E-state index is 13.2. The number of hydrogen-bond donors (Lipinski definition) is 2. The highest BCUT2D eigenvalue weighted by atomic mass is 35.5. The van der Waals surface area contributed by atoms with Crippen LogP contribution in [0.2, 0.25) is 5.02 Å². The fourth-order valence-corrected chi connectivity index (χ4v) is 2.65. The number of halogens is 4. The van der Waals surface area contributed by atoms with Gasteiger partial charge in [-0.2, -0.15) is 0 Å². The van der Waals surface area contributed by atoms with Crippen LogP contribution in [0.25, 0.3) is 0 Å². The molecular formula is C20H16Cl2F2N4O2. The van der Waals surface area contributed by atoms with Gasteiger partial charge in [0.1, 0.15) is 29.3 Å². The standard InChI is InChI=1S/C20H15ClF2N4O2.ClH/c21-15-7-13(4-5-16(15)23)10-25-20(29)18-8-17(26-11-27-18)19(28)24-9-12-2-1-3-14(22)6-12;/h1-8,11H,9-10H2,(H,24,28)(H,25,29);1H. The number of carbonyl (C=O) groups is 2. The van der Waals surface area contributed by atoms with E-state index >= 15 is 0 Å². The van der Waals surface area contributed by atoms with E-state index in [0.29, 0.717) is 11.1 Å². The Bertz CT molecular complexity index is 1070. The molecule has 10 heteroatoms. The second kappa shape index (κ2) is 10.6. The van der Waals surface area contributed by atoms with Gasteiger partial charge in [-0.05, 0) is 35.4 Å². The molecule has 0 atom stereocenters. The van der Waals surface area contributed by atoms with E-state index in [0.717, 1.165) is 6.33 Å². The Hall–Kier alpha value is -3.10. The molecule has 0 aliphatic carbocycles. The normalized spacial score (nSPS) is 10.1. The molecule has 1 heterocycles. The molecule has 156 valence electrons. The van der Waals surface area contributed by atoms with Gasteiger partial charge in [-0.1, -0.05) is 29.8 Å². The van der Waals surface area contributed by atoms with Crippen LogP contribution in [0.1, 0.15) is 32.1 Å². The Morgan fingerprint density at radius 3 is 2.03 bits per heavy atom. The van der Waals surface area contributed by atoms with Crippen LogP contribution in [0, 0.1) is 11.6 Å². The Labute approximate surface area is 182 Å². The van der Waals surface area contributed by atoms with Crippen LogP contribution in [0.15, 0.2) is 54.9 Å². The van der Waals surface area contributed by atoms with Crippen LogP contribution in [-0.2, 0) is 13.1 Å². The number of nitrogens with one attached hydrogen (secondary N) is 2. The summed E-state index contributed by atoms with van der Waals surface area (Å²) in [6.45, 7) is 0.206. The Kier molecular flexibility index (Phi) is 8.20. The van der Waals surface area contributed by atoms with Gasteiger partial charge in [0.15, 0.2) is 0 Å². The highest BCUT2D eigenvalue weighted by Gasteiger charge is 2.13. The number of amides is 2. The first-order valence-corrected chi connectivity index (χ1v) is 8.87. The number of carbonyl (C=O) groups excluding carboxylic acids is 2. The van der Waals surface area contributed by atoms with E-state index in [9.17, 15) is 18.4 Å². The lowest BCUT2D eigenvalue weighted by molar-refractivity contribution is 0.0944. The van der Waals surface area contributed by atoms with Crippen LogP contribution in [0.3, 0.4) is 0 Å². The first-order valence-electron chi connectivity index (χ1n) is 8.49. The quantitative estimate of drug-likeness (QED) is 0.597. The summed E-state index contributed by atoms with van der Waals surface area (Å²) in [5, 5.41) is 5.16. The second-order valence-corrected chi connectivity index (χ2v) is 6.44. The predicted octanol–water partition coefficient (Wildman–Crippen LogP) is 3.69. The monoisotopic (exact) mass is 452 g/mol. The molecule has 0 unspecified atom stereocenters. The van der Waals surface area contributed by atoms with Gasteiger partial charge in [-0.3, -0.25) is 9.59 Å². The highest BCUT2D eigenvalue weighted by molar-refractivity contribution is 6.30. The first-order chi connectivity index (χ1) is 13.9. The molecule has 2 aromatic carbocycles. The largest absolute Gasteiger partial charge is 0.347 e. The van der Waals surface area contributed by atoms with E-state index in [1.807, 2.05) is 0 Å². The van der Waals surface area contributed by atoms with E-state index in [2.05, 4.69) is 20.6 Å². The lowest BCUT2D eigenvalue weighted by atomic mass is 10.2. The lowest BCUT2D eigenvalue weighted by Crippen LogP contribution is -2.27. The maximum Gasteiger partial charge on any atom is 0.270 e. The Morgan fingerprint density at radius 2 is 1.47 bits per heavy atom. The molecule has 0 saturated carbocycles. The van der Waals surface area contributed by atoms with Gasteiger partial charge in [0.05, 0.1) is 5.02 Å². The molecular weight excluding hydrogens is 437 g/mol. The van der Waals surface area contributed by atoms with Crippen LogP contribution in [-0.4, -0.2) is 21.8 Å². The fraction of sp³-hybridized carbons (Fsp3) is 0.100. The van der Waals surface area contributed by atoms with Crippen molar-refractivity contribution >= 4 is 35.8 Å². The molecule has 0 radical (unpaired) electrons. The van der Waals surface area contributed by atoms with Crippen molar-refractivity contribution in [2.75, 3.05) is 0 Å². The topological polar surface area (TPSA) is 84.0 Å². The summed E-state index contributed by atoms with van der Waals surface area (Å²) in [4.78, 5) is 32.2. The van der Waals surface area contributed by atoms with Crippen LogP contribution < -0.4 is 10.6 Å². The van der Waals surface area contributed by atoms with Crippen LogP contribution in [0.4, 0.5) is 8.78 Å². The van der Waals surface area contributed by atoms with Crippen molar-refractivity contribution in [3.8, 4) is 0 Å². The van der Waals surface area contributed by atoms with E-state index in [4.69, 9.17) is 11.6 Å². The average molecular weight is 453 g/mol. The zero-order valence-corrected chi connectivity index (χ0v) is 16.9. The molecule has 3 rings (SSSR count). The van der Waals surface area contributed by atoms with E-state index in [1.54, 1.807) is 6.07 Å². The molecule has 0 bridgehead atoms. The predicted molar refractivity (Wildman–Crippen MR) is 109 cm³/mol. The van der Waals surface area contributed by atoms with Crippen molar-refractivity contribution in [3.05, 3.63) is 94.0 Å². The molecule has 3 aromatic rings. The van der Waals surface area contributed by atoms with Crippen molar-refractivity contribution < 1.29 is 18.4 Å². The van der Waals surface area contributed by atoms with E-state index < -0.39 is 23.4 Å². The maximum absolute atomic E-state index is 13.2. The second-order valence-electron chi connectivity index (χ2n) is 6.03. The van der Waals surface area contributed by atoms with Crippen molar-refractivity contribution in [1.82, 2.24) is 20.6 Å². The zero-order valence-electron chi connectivity index (χ0n) is 15.4. The molecule has 1 aromatic heterocycles. The number of benzene rings is 2. The molecule has 0 fully saturated rings. The third-order valence-corrected chi connectivity index (χ3v) is 4.20. The Morgan fingerprint density at radius 1 is 0.867 bits per heavy atom. The average Bonchev–Trinajstić information content (AvgIpc) is 2.72. The summed E-state index contributed by atoms with van der Waals surface area (Å²) < 4.78 is 26.4. The molecule has 2 amide bonds. The third-order valence-electron chi connectivity index (χ3n) is 3.91. The zero-order chi connectivity index (χ0) is 20.8. The summed E-state index contributed by atoms with van der Waals surface area (Å²) >= 11 is 5.71. The van der Waals surface area contributed by atoms with Crippen molar-refractivity contribution in [1.29, 1.82) is 0 Å². The Balaban J connectivity index is 0.00000320. The van der Waals surface area contributed by atoms with Gasteiger partial charge in [-0.15, -0.1) is 12.4 Å². The first kappa shape index (κ1) is 23.2. The third kappa shape index (κ3) is 6.20. The SMILES string of the molecule is Cl.O=C(NCc1cccc(F)c1)c1cc(C(=O)NCc2ccc(F)c(Cl)c2)ncn1. The molecule has 30 heavy (non-hydrogen) atoms. The molecule has 6 nitrogen and oxygen atoms in total. The minimum absolute atomic E-state index is 0. The lowest BCUT2D eigenvalue weighted by Gasteiger charge is -2.08. The fourth-order valence-electron chi connectivity index (χ4n) is 2.45. The molecule has 2 N–H and O–H groups in total. The van der Waals surface area contributed by atoms with Crippen LogP contribution >= 0.6 is 24.0 Å². The number of aromatic nitrogens is 2. The van der Waals surface area contributed by atoms with E-state index in [1.165, 1.54) is 42.5 Å². The summed E-state index contributed by atoms with van der Waals surface area (Å²) in [5.41, 5.74) is 1.17. The minimum atomic E-state index is -0.550. The summed E-state index contributed by atoms with van der Waals surface area (Å²) in [5.74, 6) is -2.02. The van der Waals surface area contributed by atoms with Crippen molar-refractivity contribution in [2.45, 2.75) is 13.1 Å². The highest BCUT2D eigenvalue weighted by Crippen LogP contribution is 2.16. The summed E-state index contributed by atoms with van der Waals surface area (Å²) in [7, 11) is 0. The van der Waals surface area contributed by atoms with Gasteiger partial charge >= 0.3 is 0 Å². The van der Waals surface area contributed by atoms with Gasteiger partial charge in [0, 0.05) is 19.2 Å². The molecule has 0 aliphatic heterocycles. The van der Waals surface area contributed by atoms with E-state index in [-0.39, 0.29) is 41.9 Å². The molecule has 0 saturated heterocycles. The summed E-state index contributed by atoms with van der Waals surface area (Å²) in [6.07, 6.45) is 1.10. The minimum Gasteiger partial charge on any atom is -0.347 e. The van der Waals surface area contributed by atoms with Gasteiger partial charge in [0.2, 0.25) is 0 Å². The van der Waals surface area contributed by atoms with Crippen LogP contribution in [0.5, 0.6) is 0 Å².